The van der Waals surface area contributed by atoms with Gasteiger partial charge in [-0.05, 0) is 42.5 Å². The molecule has 2 rings (SSSR count). The van der Waals surface area contributed by atoms with Crippen LogP contribution in [0, 0.1) is 5.82 Å². The maximum Gasteiger partial charge on any atom is 0.125 e. The Kier molecular flexibility index (Phi) is 4.12. The fourth-order valence-corrected chi connectivity index (χ4v) is 1.93. The molecule has 0 amide bonds. The maximum atomic E-state index is 13.1. The quantitative estimate of drug-likeness (QED) is 0.860. The van der Waals surface area contributed by atoms with E-state index in [2.05, 4.69) is 5.32 Å². The number of halogens is 1. The molecule has 0 aromatic heterocycles. The molecule has 0 saturated carbocycles. The van der Waals surface area contributed by atoms with Crippen LogP contribution >= 0.6 is 12.2 Å². The molecule has 0 unspecified atom stereocenters. The van der Waals surface area contributed by atoms with Gasteiger partial charge in [0.1, 0.15) is 10.8 Å². The van der Waals surface area contributed by atoms with Crippen LogP contribution in [-0.2, 0) is 0 Å². The van der Waals surface area contributed by atoms with Crippen LogP contribution in [0.1, 0.15) is 5.56 Å². The Morgan fingerprint density at radius 2 is 1.79 bits per heavy atom. The summed E-state index contributed by atoms with van der Waals surface area (Å²) in [4.78, 5) is 2.60. The second-order valence-electron chi connectivity index (χ2n) is 4.41. The van der Waals surface area contributed by atoms with Gasteiger partial charge in [0, 0.05) is 31.0 Å². The van der Waals surface area contributed by atoms with Crippen LogP contribution in [0.15, 0.2) is 48.5 Å². The summed E-state index contributed by atoms with van der Waals surface area (Å²) in [5.41, 5.74) is 2.67. The molecular weight excluding hydrogens is 259 g/mol. The van der Waals surface area contributed by atoms with E-state index in [4.69, 9.17) is 12.2 Å². The van der Waals surface area contributed by atoms with Crippen LogP contribution in [0.5, 0.6) is 0 Å². The number of rotatable bonds is 3. The van der Waals surface area contributed by atoms with Crippen molar-refractivity contribution in [1.82, 2.24) is 0 Å². The van der Waals surface area contributed by atoms with Gasteiger partial charge in [-0.1, -0.05) is 18.3 Å². The SMILES string of the molecule is CN(C)c1ccc(C(=S)Nc2cccc(F)c2)cc1. The number of benzene rings is 2. The minimum absolute atomic E-state index is 0.282. The molecule has 1 N–H and O–H groups in total. The van der Waals surface area contributed by atoms with Crippen LogP contribution in [0.4, 0.5) is 15.8 Å². The average Bonchev–Trinajstić information content (AvgIpc) is 2.39. The number of anilines is 2. The molecule has 0 radical (unpaired) electrons. The van der Waals surface area contributed by atoms with E-state index in [1.54, 1.807) is 12.1 Å². The normalized spacial score (nSPS) is 10.1. The molecule has 0 atom stereocenters. The first-order valence-electron chi connectivity index (χ1n) is 5.90. The lowest BCUT2D eigenvalue weighted by Crippen LogP contribution is -2.12. The van der Waals surface area contributed by atoms with Gasteiger partial charge in [-0.15, -0.1) is 0 Å². The minimum Gasteiger partial charge on any atom is -0.378 e. The Labute approximate surface area is 117 Å². The van der Waals surface area contributed by atoms with Crippen LogP contribution in [0.2, 0.25) is 0 Å². The summed E-state index contributed by atoms with van der Waals surface area (Å²) in [6.07, 6.45) is 0. The average molecular weight is 274 g/mol. The molecule has 0 bridgehead atoms. The lowest BCUT2D eigenvalue weighted by Gasteiger charge is -2.13. The molecule has 0 saturated heterocycles. The smallest absolute Gasteiger partial charge is 0.125 e. The zero-order valence-corrected chi connectivity index (χ0v) is 11.7. The lowest BCUT2D eigenvalue weighted by atomic mass is 10.2. The number of nitrogens with zero attached hydrogens (tertiary/aromatic N) is 1. The van der Waals surface area contributed by atoms with Crippen molar-refractivity contribution in [3.63, 3.8) is 0 Å². The highest BCUT2D eigenvalue weighted by atomic mass is 32.1. The van der Waals surface area contributed by atoms with E-state index in [1.807, 2.05) is 43.3 Å². The Bertz CT molecular complexity index is 579. The first-order chi connectivity index (χ1) is 9.06. The summed E-state index contributed by atoms with van der Waals surface area (Å²) in [6, 6.07) is 14.1. The molecule has 0 aliphatic rings. The van der Waals surface area contributed by atoms with Crippen molar-refractivity contribution in [3.05, 3.63) is 59.9 Å². The molecular formula is C15H15FN2S. The highest BCUT2D eigenvalue weighted by molar-refractivity contribution is 7.81. The summed E-state index contributed by atoms with van der Waals surface area (Å²) in [6.45, 7) is 0. The topological polar surface area (TPSA) is 15.3 Å². The predicted octanol–water partition coefficient (Wildman–Crippen LogP) is 3.68. The zero-order chi connectivity index (χ0) is 13.8. The lowest BCUT2D eigenvalue weighted by molar-refractivity contribution is 0.628. The fourth-order valence-electron chi connectivity index (χ4n) is 1.68. The number of hydrogen-bond acceptors (Lipinski definition) is 2. The first kappa shape index (κ1) is 13.5. The zero-order valence-electron chi connectivity index (χ0n) is 10.9. The van der Waals surface area contributed by atoms with E-state index in [0.29, 0.717) is 10.7 Å². The van der Waals surface area contributed by atoms with Crippen LogP contribution in [-0.4, -0.2) is 19.1 Å². The molecule has 19 heavy (non-hydrogen) atoms. The summed E-state index contributed by atoms with van der Waals surface area (Å²) >= 11 is 5.31. The van der Waals surface area contributed by atoms with Crippen molar-refractivity contribution in [1.29, 1.82) is 0 Å². The molecule has 4 heteroatoms. The molecule has 0 fully saturated rings. The highest BCUT2D eigenvalue weighted by Gasteiger charge is 2.03. The molecule has 0 aliphatic carbocycles. The standard InChI is InChI=1S/C15H15FN2S/c1-18(2)14-8-6-11(7-9-14)15(19)17-13-5-3-4-12(16)10-13/h3-10H,1-2H3,(H,17,19). The van der Waals surface area contributed by atoms with E-state index in [9.17, 15) is 4.39 Å². The molecule has 2 aromatic rings. The van der Waals surface area contributed by atoms with Gasteiger partial charge in [-0.25, -0.2) is 4.39 Å². The van der Waals surface area contributed by atoms with Gasteiger partial charge in [0.05, 0.1) is 0 Å². The van der Waals surface area contributed by atoms with Crippen molar-refractivity contribution in [2.24, 2.45) is 0 Å². The molecule has 0 aliphatic heterocycles. The van der Waals surface area contributed by atoms with Crippen molar-refractivity contribution < 1.29 is 4.39 Å². The van der Waals surface area contributed by atoms with Gasteiger partial charge in [-0.2, -0.15) is 0 Å². The minimum atomic E-state index is -0.282. The number of hydrogen-bond donors (Lipinski definition) is 1. The van der Waals surface area contributed by atoms with Crippen LogP contribution < -0.4 is 10.2 Å². The third kappa shape index (κ3) is 3.51. The monoisotopic (exact) mass is 274 g/mol. The van der Waals surface area contributed by atoms with Crippen molar-refractivity contribution in [2.45, 2.75) is 0 Å². The van der Waals surface area contributed by atoms with E-state index in [-0.39, 0.29) is 5.82 Å². The number of thiocarbonyl (C=S) groups is 1. The van der Waals surface area contributed by atoms with Gasteiger partial charge in [0.2, 0.25) is 0 Å². The summed E-state index contributed by atoms with van der Waals surface area (Å²) in [5.74, 6) is -0.282. The van der Waals surface area contributed by atoms with Gasteiger partial charge in [0.15, 0.2) is 0 Å². The van der Waals surface area contributed by atoms with Crippen molar-refractivity contribution in [2.75, 3.05) is 24.3 Å². The molecule has 98 valence electrons. The van der Waals surface area contributed by atoms with Crippen LogP contribution in [0.25, 0.3) is 0 Å². The van der Waals surface area contributed by atoms with E-state index in [1.165, 1.54) is 12.1 Å². The summed E-state index contributed by atoms with van der Waals surface area (Å²) < 4.78 is 13.1. The molecule has 2 nitrogen and oxygen atoms in total. The van der Waals surface area contributed by atoms with Gasteiger partial charge < -0.3 is 10.2 Å². The fraction of sp³-hybridized carbons (Fsp3) is 0.133. The van der Waals surface area contributed by atoms with Crippen molar-refractivity contribution >= 4 is 28.6 Å². The van der Waals surface area contributed by atoms with Gasteiger partial charge in [-0.3, -0.25) is 0 Å². The van der Waals surface area contributed by atoms with E-state index < -0.39 is 0 Å². The van der Waals surface area contributed by atoms with Gasteiger partial charge in [0.25, 0.3) is 0 Å². The van der Waals surface area contributed by atoms with Crippen LogP contribution in [0.3, 0.4) is 0 Å². The molecule has 2 aromatic carbocycles. The maximum absolute atomic E-state index is 13.1. The Hall–Kier alpha value is -1.94. The molecule has 0 heterocycles. The Balaban J connectivity index is 2.11. The predicted molar refractivity (Wildman–Crippen MR) is 82.5 cm³/mol. The van der Waals surface area contributed by atoms with Gasteiger partial charge >= 0.3 is 0 Å². The largest absolute Gasteiger partial charge is 0.378 e. The third-order valence-electron chi connectivity index (χ3n) is 2.73. The third-order valence-corrected chi connectivity index (χ3v) is 3.07. The number of nitrogens with one attached hydrogen (secondary N) is 1. The van der Waals surface area contributed by atoms with E-state index >= 15 is 0 Å². The van der Waals surface area contributed by atoms with Crippen molar-refractivity contribution in [3.8, 4) is 0 Å². The second-order valence-corrected chi connectivity index (χ2v) is 4.81. The highest BCUT2D eigenvalue weighted by Crippen LogP contribution is 2.15. The summed E-state index contributed by atoms with van der Waals surface area (Å²) in [7, 11) is 3.97. The second kappa shape index (κ2) is 5.80. The Morgan fingerprint density at radius 1 is 1.11 bits per heavy atom. The first-order valence-corrected chi connectivity index (χ1v) is 6.31. The molecule has 0 spiro atoms. The summed E-state index contributed by atoms with van der Waals surface area (Å²) in [5, 5.41) is 3.03. The van der Waals surface area contributed by atoms with E-state index in [0.717, 1.165) is 11.3 Å². The Morgan fingerprint density at radius 3 is 2.37 bits per heavy atom.